The van der Waals surface area contributed by atoms with Crippen molar-refractivity contribution < 1.29 is 19.1 Å². The molecule has 2 amide bonds. The number of hydrogen-bond donors (Lipinski definition) is 1. The number of rotatable bonds is 4. The maximum atomic E-state index is 12.5. The van der Waals surface area contributed by atoms with Crippen LogP contribution in [0.5, 0.6) is 0 Å². The Hall–Kier alpha value is -0.890. The molecule has 0 aliphatic carbocycles. The molecule has 0 saturated carbocycles. The first-order valence-electron chi connectivity index (χ1n) is 6.56. The van der Waals surface area contributed by atoms with Gasteiger partial charge in [-0.05, 0) is 6.42 Å². The zero-order valence-corrected chi connectivity index (χ0v) is 12.4. The molecular formula is C12H22ClN3O4. The van der Waals surface area contributed by atoms with Crippen LogP contribution in [-0.4, -0.2) is 80.3 Å². The third kappa shape index (κ3) is 3.60. The summed E-state index contributed by atoms with van der Waals surface area (Å²) in [6.07, 6.45) is 0.593. The van der Waals surface area contributed by atoms with Gasteiger partial charge < -0.3 is 25.0 Å². The van der Waals surface area contributed by atoms with Crippen molar-refractivity contribution in [3.05, 3.63) is 0 Å². The first kappa shape index (κ1) is 17.2. The predicted molar refractivity (Wildman–Crippen MR) is 74.6 cm³/mol. The second-order valence-corrected chi connectivity index (χ2v) is 4.84. The Morgan fingerprint density at radius 1 is 1.45 bits per heavy atom. The van der Waals surface area contributed by atoms with Gasteiger partial charge in [0.2, 0.25) is 11.8 Å². The third-order valence-electron chi connectivity index (χ3n) is 3.59. The number of methoxy groups -OCH3 is 1. The van der Waals surface area contributed by atoms with Crippen LogP contribution in [0.15, 0.2) is 0 Å². The van der Waals surface area contributed by atoms with Crippen molar-refractivity contribution in [1.29, 1.82) is 0 Å². The molecule has 2 fully saturated rings. The van der Waals surface area contributed by atoms with Gasteiger partial charge in [-0.1, -0.05) is 0 Å². The van der Waals surface area contributed by atoms with Gasteiger partial charge in [0.25, 0.3) is 0 Å². The molecule has 0 aromatic carbocycles. The van der Waals surface area contributed by atoms with Gasteiger partial charge in [-0.25, -0.2) is 0 Å². The van der Waals surface area contributed by atoms with E-state index in [1.54, 1.807) is 9.80 Å². The number of hydrogen-bond acceptors (Lipinski definition) is 5. The van der Waals surface area contributed by atoms with Crippen molar-refractivity contribution in [2.45, 2.75) is 18.5 Å². The van der Waals surface area contributed by atoms with Crippen molar-refractivity contribution >= 4 is 24.2 Å². The summed E-state index contributed by atoms with van der Waals surface area (Å²) in [5.74, 6) is -0.240. The van der Waals surface area contributed by atoms with Gasteiger partial charge >= 0.3 is 0 Å². The standard InChI is InChI=1S/C12H21N3O4.ClH/c1-18-8-10(15-3-2-9(13)11(15)16)12(17)14-4-6-19-7-5-14;/h9-10H,2-8,13H2,1H3;1H/t9-,10-;/m0./s1. The van der Waals surface area contributed by atoms with E-state index in [-0.39, 0.29) is 30.8 Å². The lowest BCUT2D eigenvalue weighted by atomic mass is 10.2. The average Bonchev–Trinajstić information content (AvgIpc) is 2.77. The summed E-state index contributed by atoms with van der Waals surface area (Å²) < 4.78 is 10.3. The highest BCUT2D eigenvalue weighted by Gasteiger charge is 2.39. The minimum atomic E-state index is -0.566. The molecule has 7 nitrogen and oxygen atoms in total. The lowest BCUT2D eigenvalue weighted by molar-refractivity contribution is -0.148. The monoisotopic (exact) mass is 307 g/mol. The predicted octanol–water partition coefficient (Wildman–Crippen LogP) is -1.16. The van der Waals surface area contributed by atoms with E-state index in [0.29, 0.717) is 39.3 Å². The summed E-state index contributed by atoms with van der Waals surface area (Å²) >= 11 is 0. The zero-order chi connectivity index (χ0) is 13.8. The number of halogens is 1. The molecule has 2 aliphatic rings. The lowest BCUT2D eigenvalue weighted by Crippen LogP contribution is -2.54. The summed E-state index contributed by atoms with van der Waals surface area (Å²) in [5, 5.41) is 0. The van der Waals surface area contributed by atoms with E-state index >= 15 is 0 Å². The molecule has 0 bridgehead atoms. The van der Waals surface area contributed by atoms with E-state index in [2.05, 4.69) is 0 Å². The highest BCUT2D eigenvalue weighted by Crippen LogP contribution is 2.16. The van der Waals surface area contributed by atoms with Crippen LogP contribution in [0.1, 0.15) is 6.42 Å². The Bertz CT molecular complexity index is 350. The van der Waals surface area contributed by atoms with Crippen molar-refractivity contribution in [2.24, 2.45) is 5.73 Å². The first-order valence-corrected chi connectivity index (χ1v) is 6.56. The SMILES string of the molecule is COC[C@@H](C(=O)N1CCOCC1)N1CC[C@H](N)C1=O.Cl. The minimum absolute atomic E-state index is 0. The van der Waals surface area contributed by atoms with Gasteiger partial charge in [-0.2, -0.15) is 0 Å². The van der Waals surface area contributed by atoms with Gasteiger partial charge in [-0.3, -0.25) is 9.59 Å². The Balaban J connectivity index is 0.00000200. The molecule has 2 heterocycles. The van der Waals surface area contributed by atoms with E-state index in [1.165, 1.54) is 7.11 Å². The Kier molecular flexibility index (Phi) is 6.67. The molecule has 0 radical (unpaired) electrons. The van der Waals surface area contributed by atoms with Gasteiger partial charge in [0.05, 0.1) is 25.9 Å². The number of carbonyl (C=O) groups is 2. The van der Waals surface area contributed by atoms with Crippen LogP contribution in [0, 0.1) is 0 Å². The van der Waals surface area contributed by atoms with Gasteiger partial charge in [0, 0.05) is 26.7 Å². The van der Waals surface area contributed by atoms with Gasteiger partial charge in [0.15, 0.2) is 0 Å². The zero-order valence-electron chi connectivity index (χ0n) is 11.6. The van der Waals surface area contributed by atoms with Gasteiger partial charge in [-0.15, -0.1) is 12.4 Å². The van der Waals surface area contributed by atoms with Crippen molar-refractivity contribution in [2.75, 3.05) is 46.6 Å². The Morgan fingerprint density at radius 2 is 2.10 bits per heavy atom. The molecule has 20 heavy (non-hydrogen) atoms. The highest BCUT2D eigenvalue weighted by atomic mass is 35.5. The molecule has 8 heteroatoms. The molecule has 0 aromatic rings. The molecule has 2 aliphatic heterocycles. The second-order valence-electron chi connectivity index (χ2n) is 4.84. The summed E-state index contributed by atoms with van der Waals surface area (Å²) in [7, 11) is 1.53. The Morgan fingerprint density at radius 3 is 2.60 bits per heavy atom. The van der Waals surface area contributed by atoms with Crippen LogP contribution in [0.2, 0.25) is 0 Å². The molecule has 2 rings (SSSR count). The normalized spacial score (nSPS) is 24.5. The highest BCUT2D eigenvalue weighted by molar-refractivity contribution is 5.91. The summed E-state index contributed by atoms with van der Waals surface area (Å²) in [4.78, 5) is 27.7. The maximum Gasteiger partial charge on any atom is 0.247 e. The van der Waals surface area contributed by atoms with Crippen molar-refractivity contribution in [3.63, 3.8) is 0 Å². The van der Waals surface area contributed by atoms with Gasteiger partial charge in [0.1, 0.15) is 6.04 Å². The molecule has 0 unspecified atom stereocenters. The van der Waals surface area contributed by atoms with Crippen LogP contribution in [0.3, 0.4) is 0 Å². The molecule has 116 valence electrons. The van der Waals surface area contributed by atoms with E-state index < -0.39 is 12.1 Å². The average molecular weight is 308 g/mol. The van der Waals surface area contributed by atoms with E-state index in [9.17, 15) is 9.59 Å². The van der Waals surface area contributed by atoms with Crippen LogP contribution in [-0.2, 0) is 19.1 Å². The number of morpholine rings is 1. The summed E-state index contributed by atoms with van der Waals surface area (Å²) in [6, 6.07) is -1.05. The number of amides is 2. The number of likely N-dealkylation sites (tertiary alicyclic amines) is 1. The van der Waals surface area contributed by atoms with E-state index in [1.807, 2.05) is 0 Å². The summed E-state index contributed by atoms with van der Waals surface area (Å²) in [6.45, 7) is 2.93. The van der Waals surface area contributed by atoms with Crippen LogP contribution < -0.4 is 5.73 Å². The topological polar surface area (TPSA) is 85.1 Å². The minimum Gasteiger partial charge on any atom is -0.382 e. The van der Waals surface area contributed by atoms with E-state index in [0.717, 1.165) is 0 Å². The largest absolute Gasteiger partial charge is 0.382 e. The van der Waals surface area contributed by atoms with E-state index in [4.69, 9.17) is 15.2 Å². The fourth-order valence-electron chi connectivity index (χ4n) is 2.48. The number of ether oxygens (including phenoxy) is 2. The molecule has 2 N–H and O–H groups in total. The molecule has 0 aromatic heterocycles. The number of nitrogens with zero attached hydrogens (tertiary/aromatic N) is 2. The smallest absolute Gasteiger partial charge is 0.247 e. The van der Waals surface area contributed by atoms with Crippen LogP contribution >= 0.6 is 12.4 Å². The maximum absolute atomic E-state index is 12.5. The van der Waals surface area contributed by atoms with Crippen LogP contribution in [0.25, 0.3) is 0 Å². The number of nitrogens with two attached hydrogens (primary N) is 1. The molecule has 2 saturated heterocycles. The Labute approximate surface area is 124 Å². The third-order valence-corrected chi connectivity index (χ3v) is 3.59. The quantitative estimate of drug-likeness (QED) is 0.708. The fourth-order valence-corrected chi connectivity index (χ4v) is 2.48. The van der Waals surface area contributed by atoms with Crippen molar-refractivity contribution in [1.82, 2.24) is 9.80 Å². The van der Waals surface area contributed by atoms with Crippen molar-refractivity contribution in [3.8, 4) is 0 Å². The van der Waals surface area contributed by atoms with Crippen LogP contribution in [0.4, 0.5) is 0 Å². The fraction of sp³-hybridized carbons (Fsp3) is 0.833. The molecule has 0 spiro atoms. The lowest BCUT2D eigenvalue weighted by Gasteiger charge is -2.34. The molecule has 2 atom stereocenters. The first-order chi connectivity index (χ1) is 9.15. The summed E-state index contributed by atoms with van der Waals surface area (Å²) in [5.41, 5.74) is 5.70. The number of carbonyl (C=O) groups excluding carboxylic acids is 2. The second kappa shape index (κ2) is 7.78. The molecular weight excluding hydrogens is 286 g/mol.